The third kappa shape index (κ3) is 7.42. The van der Waals surface area contributed by atoms with Crippen molar-refractivity contribution in [1.29, 1.82) is 0 Å². The van der Waals surface area contributed by atoms with Crippen molar-refractivity contribution in [3.05, 3.63) is 90.5 Å². The number of aliphatic hydroxyl groups is 1. The molecule has 2 N–H and O–H groups in total. The van der Waals surface area contributed by atoms with Gasteiger partial charge in [0.05, 0.1) is 36.6 Å². The zero-order chi connectivity index (χ0) is 36.2. The van der Waals surface area contributed by atoms with Crippen molar-refractivity contribution < 1.29 is 33.8 Å². The third-order valence-electron chi connectivity index (χ3n) is 9.81. The molecule has 2 bridgehead atoms. The number of nitrogens with one attached hydrogen (secondary N) is 1. The molecule has 0 aromatic heterocycles. The molecule has 0 radical (unpaired) electrons. The number of alkyl halides is 1. The van der Waals surface area contributed by atoms with Crippen molar-refractivity contribution in [3.63, 3.8) is 0 Å². The number of likely N-dealkylation sites (tertiary alicyclic amines) is 1. The predicted octanol–water partition coefficient (Wildman–Crippen LogP) is 5.38. The second kappa shape index (κ2) is 16.2. The zero-order valence-corrected chi connectivity index (χ0v) is 30.7. The summed E-state index contributed by atoms with van der Waals surface area (Å²) in [6.45, 7) is 11.1. The molecule has 2 aromatic carbocycles. The van der Waals surface area contributed by atoms with Crippen LogP contribution in [0, 0.1) is 17.8 Å². The van der Waals surface area contributed by atoms with Crippen molar-refractivity contribution >= 4 is 56.9 Å². The summed E-state index contributed by atoms with van der Waals surface area (Å²) in [4.78, 5) is 59.2. The third-order valence-corrected chi connectivity index (χ3v) is 10.9. The van der Waals surface area contributed by atoms with Gasteiger partial charge in [0, 0.05) is 28.5 Å². The molecule has 10 nitrogen and oxygen atoms in total. The van der Waals surface area contributed by atoms with Crippen LogP contribution in [0.1, 0.15) is 51.1 Å². The van der Waals surface area contributed by atoms with Crippen LogP contribution in [0.3, 0.4) is 0 Å². The normalized spacial score (nSPS) is 26.3. The Morgan fingerprint density at radius 2 is 1.86 bits per heavy atom. The van der Waals surface area contributed by atoms with Gasteiger partial charge in [-0.2, -0.15) is 0 Å². The number of amides is 3. The summed E-state index contributed by atoms with van der Waals surface area (Å²) in [6, 6.07) is 13.4. The van der Waals surface area contributed by atoms with E-state index in [4.69, 9.17) is 21.1 Å². The van der Waals surface area contributed by atoms with Gasteiger partial charge in [-0.3, -0.25) is 19.2 Å². The van der Waals surface area contributed by atoms with E-state index in [2.05, 4.69) is 34.4 Å². The SMILES string of the molecule is C=CCCC(=O)OC[C@@H](NC(=O)[C@@H]1[C@H]2O[C@@]3(CC2Br)[C@H](C(=O)N(CC=C)c2ccc(Cl)cc2)N([C@@H](CO)CC(C)C)C(=O)[C@@H]13)c1ccccc1. The van der Waals surface area contributed by atoms with Crippen LogP contribution in [0.2, 0.25) is 5.02 Å². The number of benzene rings is 2. The molecule has 1 unspecified atom stereocenters. The molecule has 3 aliphatic rings. The Balaban J connectivity index is 1.53. The minimum Gasteiger partial charge on any atom is -0.463 e. The number of halogens is 2. The summed E-state index contributed by atoms with van der Waals surface area (Å²) in [5.74, 6) is -3.56. The average Bonchev–Trinajstić information content (AvgIpc) is 3.70. The Kier molecular flexibility index (Phi) is 12.2. The number of allylic oxidation sites excluding steroid dienone is 1. The van der Waals surface area contributed by atoms with E-state index in [0.29, 0.717) is 30.0 Å². The molecule has 2 aromatic rings. The highest BCUT2D eigenvalue weighted by molar-refractivity contribution is 9.09. The Labute approximate surface area is 306 Å². The number of hydrogen-bond acceptors (Lipinski definition) is 7. The summed E-state index contributed by atoms with van der Waals surface area (Å²) in [5, 5.41) is 14.2. The van der Waals surface area contributed by atoms with E-state index in [1.165, 1.54) is 9.80 Å². The minimum atomic E-state index is -1.36. The van der Waals surface area contributed by atoms with Crippen LogP contribution in [-0.4, -0.2) is 82.1 Å². The minimum absolute atomic E-state index is 0.0928. The Morgan fingerprint density at radius 1 is 1.16 bits per heavy atom. The van der Waals surface area contributed by atoms with E-state index in [1.54, 1.807) is 36.4 Å². The lowest BCUT2D eigenvalue weighted by Crippen LogP contribution is -2.59. The Morgan fingerprint density at radius 3 is 2.48 bits per heavy atom. The maximum Gasteiger partial charge on any atom is 0.306 e. The first-order chi connectivity index (χ1) is 24.0. The Hall–Kier alpha value is -3.51. The van der Waals surface area contributed by atoms with Crippen LogP contribution in [0.5, 0.6) is 0 Å². The van der Waals surface area contributed by atoms with Gasteiger partial charge >= 0.3 is 5.97 Å². The van der Waals surface area contributed by atoms with E-state index in [9.17, 15) is 24.3 Å². The van der Waals surface area contributed by atoms with Crippen LogP contribution in [-0.2, 0) is 28.7 Å². The Bertz CT molecular complexity index is 1570. The fourth-order valence-electron chi connectivity index (χ4n) is 7.72. The predicted molar refractivity (Wildman–Crippen MR) is 195 cm³/mol. The van der Waals surface area contributed by atoms with Gasteiger partial charge in [0.1, 0.15) is 18.2 Å². The molecule has 0 saturated carbocycles. The zero-order valence-electron chi connectivity index (χ0n) is 28.4. The van der Waals surface area contributed by atoms with Crippen molar-refractivity contribution in [2.24, 2.45) is 17.8 Å². The largest absolute Gasteiger partial charge is 0.463 e. The summed E-state index contributed by atoms with van der Waals surface area (Å²) >= 11 is 9.91. The van der Waals surface area contributed by atoms with Gasteiger partial charge in [0.15, 0.2) is 0 Å². The number of carbonyl (C=O) groups excluding carboxylic acids is 4. The maximum absolute atomic E-state index is 14.9. The van der Waals surface area contributed by atoms with Gasteiger partial charge in [-0.1, -0.05) is 83.9 Å². The highest BCUT2D eigenvalue weighted by atomic mass is 79.9. The monoisotopic (exact) mass is 769 g/mol. The first-order valence-corrected chi connectivity index (χ1v) is 18.3. The molecule has 3 aliphatic heterocycles. The number of carbonyl (C=O) groups is 4. The van der Waals surface area contributed by atoms with Gasteiger partial charge in [0.2, 0.25) is 11.8 Å². The van der Waals surface area contributed by atoms with Crippen LogP contribution in [0.4, 0.5) is 5.69 Å². The molecule has 12 heteroatoms. The number of ether oxygens (including phenoxy) is 2. The van der Waals surface area contributed by atoms with Gasteiger partial charge in [-0.15, -0.1) is 13.2 Å². The topological polar surface area (TPSA) is 125 Å². The number of fused-ring (bicyclic) bond motifs is 1. The lowest BCUT2D eigenvalue weighted by atomic mass is 9.70. The molecular weight excluding hydrogens is 726 g/mol. The number of anilines is 1. The molecule has 5 rings (SSSR count). The van der Waals surface area contributed by atoms with Crippen molar-refractivity contribution in [2.45, 2.75) is 74.2 Å². The fourth-order valence-corrected chi connectivity index (χ4v) is 8.79. The average molecular weight is 771 g/mol. The van der Waals surface area contributed by atoms with Crippen LogP contribution in [0.15, 0.2) is 79.9 Å². The standard InChI is InChI=1S/C38H45BrClN3O7/c1-5-7-13-30(45)49-22-29(24-11-9-8-10-12-24)41-35(46)31-32-36(47)43(27(21-44)19-23(3)4)34(38(32)20-28(39)33(31)50-38)37(48)42(18-6-2)26-16-14-25(40)15-17-26/h5-6,8-12,14-17,23,27-29,31-34,44H,1-2,7,13,18-22H2,3-4H3,(H,41,46)/t27-,28?,29-,31+,32-,33+,34+,38-/m1/s1. The molecule has 3 fully saturated rings. The number of esters is 1. The number of rotatable bonds is 16. The van der Waals surface area contributed by atoms with Gasteiger partial charge in [-0.25, -0.2) is 0 Å². The van der Waals surface area contributed by atoms with Crippen LogP contribution in [0.25, 0.3) is 0 Å². The molecule has 3 heterocycles. The molecule has 50 heavy (non-hydrogen) atoms. The summed E-state index contributed by atoms with van der Waals surface area (Å²) in [5.41, 5.74) is -0.0780. The molecule has 3 amide bonds. The molecular formula is C38H45BrClN3O7. The van der Waals surface area contributed by atoms with Crippen LogP contribution < -0.4 is 10.2 Å². The first kappa shape index (κ1) is 37.7. The van der Waals surface area contributed by atoms with E-state index >= 15 is 0 Å². The lowest BCUT2D eigenvalue weighted by molar-refractivity contribution is -0.146. The van der Waals surface area contributed by atoms with Crippen molar-refractivity contribution in [2.75, 3.05) is 24.7 Å². The molecule has 3 saturated heterocycles. The second-order valence-electron chi connectivity index (χ2n) is 13.6. The van der Waals surface area contributed by atoms with E-state index in [-0.39, 0.29) is 36.9 Å². The smallest absolute Gasteiger partial charge is 0.306 e. The van der Waals surface area contributed by atoms with Gasteiger partial charge < -0.3 is 29.7 Å². The van der Waals surface area contributed by atoms with E-state index in [0.717, 1.165) is 5.56 Å². The van der Waals surface area contributed by atoms with E-state index in [1.807, 2.05) is 44.2 Å². The highest BCUT2D eigenvalue weighted by Crippen LogP contribution is 2.61. The number of aliphatic hydroxyl groups excluding tert-OH is 1. The molecule has 8 atom stereocenters. The van der Waals surface area contributed by atoms with Crippen molar-refractivity contribution in [1.82, 2.24) is 10.2 Å². The number of hydrogen-bond donors (Lipinski definition) is 2. The van der Waals surface area contributed by atoms with Gasteiger partial charge in [0.25, 0.3) is 5.91 Å². The highest BCUT2D eigenvalue weighted by Gasteiger charge is 2.77. The molecule has 1 spiro atoms. The maximum atomic E-state index is 14.9. The van der Waals surface area contributed by atoms with Gasteiger partial charge in [-0.05, 0) is 55.0 Å². The molecule has 268 valence electrons. The van der Waals surface area contributed by atoms with E-state index < -0.39 is 65.4 Å². The first-order valence-electron chi connectivity index (χ1n) is 17.0. The lowest BCUT2D eigenvalue weighted by Gasteiger charge is -2.39. The number of nitrogens with zero attached hydrogens (tertiary/aromatic N) is 2. The quantitative estimate of drug-likeness (QED) is 0.134. The summed E-state index contributed by atoms with van der Waals surface area (Å²) in [7, 11) is 0. The second-order valence-corrected chi connectivity index (χ2v) is 15.2. The van der Waals surface area contributed by atoms with Crippen molar-refractivity contribution in [3.8, 4) is 0 Å². The van der Waals surface area contributed by atoms with Crippen LogP contribution >= 0.6 is 27.5 Å². The fraction of sp³-hybridized carbons (Fsp3) is 0.474. The summed E-state index contributed by atoms with van der Waals surface area (Å²) < 4.78 is 12.3. The molecule has 0 aliphatic carbocycles. The summed E-state index contributed by atoms with van der Waals surface area (Å²) in [6.07, 6.45) is 3.88.